The van der Waals surface area contributed by atoms with E-state index in [1.807, 2.05) is 17.0 Å². The first-order valence-electron chi connectivity index (χ1n) is 8.85. The Morgan fingerprint density at radius 2 is 1.73 bits per heavy atom. The van der Waals surface area contributed by atoms with E-state index in [4.69, 9.17) is 23.2 Å². The van der Waals surface area contributed by atoms with E-state index >= 15 is 0 Å². The summed E-state index contributed by atoms with van der Waals surface area (Å²) >= 11 is 12.0. The predicted molar refractivity (Wildman–Crippen MR) is 108 cm³/mol. The van der Waals surface area contributed by atoms with E-state index in [0.717, 1.165) is 38.4 Å². The number of rotatable bonds is 6. The summed E-state index contributed by atoms with van der Waals surface area (Å²) in [5.74, 6) is 0.182. The quantitative estimate of drug-likeness (QED) is 0.803. The molecule has 0 aliphatic carbocycles. The van der Waals surface area contributed by atoms with E-state index in [0.29, 0.717) is 23.0 Å². The molecule has 0 saturated carbocycles. The Balaban J connectivity index is 1.39. The molecule has 3 rings (SSSR count). The van der Waals surface area contributed by atoms with Crippen LogP contribution < -0.4 is 5.32 Å². The fourth-order valence-electron chi connectivity index (χ4n) is 3.09. The molecule has 0 atom stereocenters. The molecule has 2 aromatic carbocycles. The number of halogens is 2. The Morgan fingerprint density at radius 3 is 2.42 bits per heavy atom. The third-order valence-electron chi connectivity index (χ3n) is 4.56. The van der Waals surface area contributed by atoms with Gasteiger partial charge in [0.1, 0.15) is 0 Å². The third kappa shape index (κ3) is 5.37. The standard InChI is InChI=1S/C20H23Cl2N3O/c21-17-6-7-19(18(22)14-17)23-9-8-20(26)25-12-10-24(11-13-25)15-16-4-2-1-3-5-16/h1-7,14,23H,8-13,15H2. The van der Waals surface area contributed by atoms with E-state index in [-0.39, 0.29) is 5.91 Å². The molecule has 0 radical (unpaired) electrons. The van der Waals surface area contributed by atoms with Gasteiger partial charge in [0.15, 0.2) is 0 Å². The molecule has 0 unspecified atom stereocenters. The van der Waals surface area contributed by atoms with E-state index in [1.54, 1.807) is 12.1 Å². The number of carbonyl (C=O) groups is 1. The maximum atomic E-state index is 12.4. The molecule has 1 amide bonds. The summed E-state index contributed by atoms with van der Waals surface area (Å²) in [6.07, 6.45) is 0.456. The van der Waals surface area contributed by atoms with Gasteiger partial charge in [-0.05, 0) is 23.8 Å². The molecule has 2 aromatic rings. The van der Waals surface area contributed by atoms with Gasteiger partial charge in [-0.3, -0.25) is 9.69 Å². The number of hydrogen-bond acceptors (Lipinski definition) is 3. The highest BCUT2D eigenvalue weighted by atomic mass is 35.5. The van der Waals surface area contributed by atoms with Gasteiger partial charge in [0, 0.05) is 50.7 Å². The van der Waals surface area contributed by atoms with Crippen LogP contribution >= 0.6 is 23.2 Å². The van der Waals surface area contributed by atoms with Crippen molar-refractivity contribution < 1.29 is 4.79 Å². The lowest BCUT2D eigenvalue weighted by atomic mass is 10.2. The summed E-state index contributed by atoms with van der Waals surface area (Å²) in [7, 11) is 0. The SMILES string of the molecule is O=C(CCNc1ccc(Cl)cc1Cl)N1CCN(Cc2ccccc2)CC1. The van der Waals surface area contributed by atoms with Gasteiger partial charge in [-0.15, -0.1) is 0 Å². The average molecular weight is 392 g/mol. The molecular formula is C20H23Cl2N3O. The fourth-order valence-corrected chi connectivity index (χ4v) is 3.57. The van der Waals surface area contributed by atoms with E-state index in [1.165, 1.54) is 5.56 Å². The molecule has 138 valence electrons. The van der Waals surface area contributed by atoms with Crippen LogP contribution in [0.1, 0.15) is 12.0 Å². The van der Waals surface area contributed by atoms with Gasteiger partial charge in [0.05, 0.1) is 10.7 Å². The number of amides is 1. The van der Waals surface area contributed by atoms with Gasteiger partial charge in [-0.1, -0.05) is 53.5 Å². The minimum Gasteiger partial charge on any atom is -0.383 e. The van der Waals surface area contributed by atoms with Crippen molar-refractivity contribution >= 4 is 34.8 Å². The molecule has 6 heteroatoms. The Bertz CT molecular complexity index is 731. The molecule has 0 bridgehead atoms. The second kappa shape index (κ2) is 9.26. The van der Waals surface area contributed by atoms with Crippen molar-refractivity contribution in [1.29, 1.82) is 0 Å². The van der Waals surface area contributed by atoms with Crippen LogP contribution in [-0.2, 0) is 11.3 Å². The molecule has 4 nitrogen and oxygen atoms in total. The molecular weight excluding hydrogens is 369 g/mol. The lowest BCUT2D eigenvalue weighted by Gasteiger charge is -2.34. The van der Waals surface area contributed by atoms with Crippen LogP contribution in [0.5, 0.6) is 0 Å². The number of nitrogens with zero attached hydrogens (tertiary/aromatic N) is 2. The molecule has 1 aliphatic rings. The van der Waals surface area contributed by atoms with Crippen molar-refractivity contribution in [2.24, 2.45) is 0 Å². The van der Waals surface area contributed by atoms with Crippen LogP contribution in [0.25, 0.3) is 0 Å². The van der Waals surface area contributed by atoms with E-state index < -0.39 is 0 Å². The van der Waals surface area contributed by atoms with Gasteiger partial charge >= 0.3 is 0 Å². The zero-order chi connectivity index (χ0) is 18.4. The van der Waals surface area contributed by atoms with Crippen molar-refractivity contribution in [3.8, 4) is 0 Å². The monoisotopic (exact) mass is 391 g/mol. The highest BCUT2D eigenvalue weighted by Gasteiger charge is 2.20. The molecule has 1 heterocycles. The van der Waals surface area contributed by atoms with Crippen LogP contribution in [0, 0.1) is 0 Å². The molecule has 26 heavy (non-hydrogen) atoms. The van der Waals surface area contributed by atoms with E-state index in [9.17, 15) is 4.79 Å². The molecule has 1 saturated heterocycles. The summed E-state index contributed by atoms with van der Waals surface area (Å²) in [6.45, 7) is 4.90. The Hall–Kier alpha value is -1.75. The second-order valence-corrected chi connectivity index (χ2v) is 7.29. The zero-order valence-electron chi connectivity index (χ0n) is 14.6. The summed E-state index contributed by atoms with van der Waals surface area (Å²) in [6, 6.07) is 15.8. The van der Waals surface area contributed by atoms with Gasteiger partial charge in [-0.25, -0.2) is 0 Å². The number of anilines is 1. The molecule has 1 N–H and O–H groups in total. The lowest BCUT2D eigenvalue weighted by molar-refractivity contribution is -0.132. The van der Waals surface area contributed by atoms with Crippen molar-refractivity contribution in [2.75, 3.05) is 38.0 Å². The lowest BCUT2D eigenvalue weighted by Crippen LogP contribution is -2.48. The highest BCUT2D eigenvalue weighted by molar-refractivity contribution is 6.36. The van der Waals surface area contributed by atoms with Crippen LogP contribution in [0.4, 0.5) is 5.69 Å². The maximum Gasteiger partial charge on any atom is 0.224 e. The first kappa shape index (κ1) is 19.0. The topological polar surface area (TPSA) is 35.6 Å². The normalized spacial score (nSPS) is 15.1. The third-order valence-corrected chi connectivity index (χ3v) is 5.11. The second-order valence-electron chi connectivity index (χ2n) is 6.44. The van der Waals surface area contributed by atoms with Gasteiger partial charge in [0.25, 0.3) is 0 Å². The number of carbonyl (C=O) groups excluding carboxylic acids is 1. The van der Waals surface area contributed by atoms with E-state index in [2.05, 4.69) is 34.5 Å². The fraction of sp³-hybridized carbons (Fsp3) is 0.350. The summed E-state index contributed by atoms with van der Waals surface area (Å²) in [5, 5.41) is 4.37. The largest absolute Gasteiger partial charge is 0.383 e. The first-order chi connectivity index (χ1) is 12.6. The van der Waals surface area contributed by atoms with Gasteiger partial charge < -0.3 is 10.2 Å². The van der Waals surface area contributed by atoms with Crippen LogP contribution in [0.15, 0.2) is 48.5 Å². The molecule has 1 aliphatic heterocycles. The minimum absolute atomic E-state index is 0.182. The average Bonchev–Trinajstić information content (AvgIpc) is 2.65. The van der Waals surface area contributed by atoms with Gasteiger partial charge in [-0.2, -0.15) is 0 Å². The van der Waals surface area contributed by atoms with Crippen LogP contribution in [-0.4, -0.2) is 48.4 Å². The zero-order valence-corrected chi connectivity index (χ0v) is 16.1. The summed E-state index contributed by atoms with van der Waals surface area (Å²) < 4.78 is 0. The Kier molecular flexibility index (Phi) is 6.78. The minimum atomic E-state index is 0.182. The number of hydrogen-bond donors (Lipinski definition) is 1. The van der Waals surface area contributed by atoms with Crippen molar-refractivity contribution in [1.82, 2.24) is 9.80 Å². The molecule has 0 aromatic heterocycles. The van der Waals surface area contributed by atoms with Crippen molar-refractivity contribution in [3.63, 3.8) is 0 Å². The number of nitrogens with one attached hydrogen (secondary N) is 1. The number of benzene rings is 2. The Morgan fingerprint density at radius 1 is 1.00 bits per heavy atom. The number of piperazine rings is 1. The molecule has 0 spiro atoms. The summed E-state index contributed by atoms with van der Waals surface area (Å²) in [5.41, 5.74) is 2.12. The van der Waals surface area contributed by atoms with Crippen LogP contribution in [0.3, 0.4) is 0 Å². The van der Waals surface area contributed by atoms with Crippen molar-refractivity contribution in [2.45, 2.75) is 13.0 Å². The van der Waals surface area contributed by atoms with Crippen molar-refractivity contribution in [3.05, 3.63) is 64.1 Å². The molecule has 1 fully saturated rings. The summed E-state index contributed by atoms with van der Waals surface area (Å²) in [4.78, 5) is 16.8. The first-order valence-corrected chi connectivity index (χ1v) is 9.60. The maximum absolute atomic E-state index is 12.4. The highest BCUT2D eigenvalue weighted by Crippen LogP contribution is 2.25. The smallest absolute Gasteiger partial charge is 0.224 e. The Labute approximate surface area is 164 Å². The van der Waals surface area contributed by atoms with Crippen LogP contribution in [0.2, 0.25) is 10.0 Å². The van der Waals surface area contributed by atoms with Gasteiger partial charge in [0.2, 0.25) is 5.91 Å². The predicted octanol–water partition coefficient (Wildman–Crippen LogP) is 4.14.